The Labute approximate surface area is 233 Å². The second kappa shape index (κ2) is 10.6. The van der Waals surface area contributed by atoms with Gasteiger partial charge in [-0.3, -0.25) is 10.1 Å². The molecule has 40 heavy (non-hydrogen) atoms. The molecule has 6 aromatic rings. The smallest absolute Gasteiger partial charge is 0.139 e. The molecule has 0 unspecified atom stereocenters. The summed E-state index contributed by atoms with van der Waals surface area (Å²) in [6, 6.07) is 23.4. The zero-order valence-electron chi connectivity index (χ0n) is 22.6. The van der Waals surface area contributed by atoms with Gasteiger partial charge in [-0.25, -0.2) is 4.98 Å². The summed E-state index contributed by atoms with van der Waals surface area (Å²) in [7, 11) is 2.18. The van der Waals surface area contributed by atoms with Gasteiger partial charge in [0.25, 0.3) is 0 Å². The Kier molecular flexibility index (Phi) is 6.47. The number of H-pyrrole nitrogens is 2. The Morgan fingerprint density at radius 2 is 1.68 bits per heavy atom. The molecule has 0 spiro atoms. The zero-order valence-corrected chi connectivity index (χ0v) is 22.6. The minimum absolute atomic E-state index is 0.757. The van der Waals surface area contributed by atoms with Crippen LogP contribution in [0.1, 0.15) is 11.1 Å². The van der Waals surface area contributed by atoms with Crippen LogP contribution in [0.15, 0.2) is 85.3 Å². The third-order valence-electron chi connectivity index (χ3n) is 7.80. The first-order chi connectivity index (χ1) is 19.7. The molecule has 0 amide bonds. The fourth-order valence-corrected chi connectivity index (χ4v) is 5.55. The molecule has 200 valence electrons. The van der Waals surface area contributed by atoms with Crippen LogP contribution in [0, 0.1) is 0 Å². The standard InChI is InChI=1S/C32H32N8/c1-39-11-13-40(14-12-39)30-9-10-35-32-27(30)17-29(36-32)31-26-16-24(7-8-28(26)37-38-31)25-15-23(20-34-21-25)19-33-18-22-5-3-2-4-6-22/h2-10,15-17,20-21,33H,11-14,18-19H2,1H3,(H,35,36)(H,37,38). The summed E-state index contributed by atoms with van der Waals surface area (Å²) in [6.45, 7) is 5.73. The summed E-state index contributed by atoms with van der Waals surface area (Å²) in [5, 5.41) is 13.6. The molecule has 2 aromatic carbocycles. The van der Waals surface area contributed by atoms with Gasteiger partial charge in [-0.05, 0) is 54.1 Å². The topological polar surface area (TPSA) is 88.8 Å². The number of aromatic amines is 2. The second-order valence-electron chi connectivity index (χ2n) is 10.6. The van der Waals surface area contributed by atoms with Crippen molar-refractivity contribution in [1.29, 1.82) is 0 Å². The fourth-order valence-electron chi connectivity index (χ4n) is 5.55. The summed E-state index contributed by atoms with van der Waals surface area (Å²) in [6.07, 6.45) is 5.75. The average Bonchev–Trinajstić information content (AvgIpc) is 3.62. The molecule has 7 rings (SSSR count). The van der Waals surface area contributed by atoms with Crippen molar-refractivity contribution >= 4 is 27.6 Å². The van der Waals surface area contributed by atoms with Crippen molar-refractivity contribution in [1.82, 2.24) is 35.4 Å². The van der Waals surface area contributed by atoms with E-state index in [1.54, 1.807) is 0 Å². The third-order valence-corrected chi connectivity index (χ3v) is 7.80. The lowest BCUT2D eigenvalue weighted by molar-refractivity contribution is 0.313. The summed E-state index contributed by atoms with van der Waals surface area (Å²) < 4.78 is 0. The Morgan fingerprint density at radius 3 is 2.55 bits per heavy atom. The molecule has 1 saturated heterocycles. The van der Waals surface area contributed by atoms with Crippen LogP contribution in [0.5, 0.6) is 0 Å². The van der Waals surface area contributed by atoms with Gasteiger partial charge in [-0.15, -0.1) is 0 Å². The average molecular weight is 529 g/mol. The van der Waals surface area contributed by atoms with E-state index in [-0.39, 0.29) is 0 Å². The van der Waals surface area contributed by atoms with Crippen LogP contribution in [-0.2, 0) is 13.1 Å². The monoisotopic (exact) mass is 528 g/mol. The van der Waals surface area contributed by atoms with E-state index in [0.29, 0.717) is 0 Å². The summed E-state index contributed by atoms with van der Waals surface area (Å²) >= 11 is 0. The fraction of sp³-hybridized carbons (Fsp3) is 0.219. The lowest BCUT2D eigenvalue weighted by atomic mass is 10.0. The summed E-state index contributed by atoms with van der Waals surface area (Å²) in [5.41, 5.74) is 9.59. The minimum Gasteiger partial charge on any atom is -0.368 e. The van der Waals surface area contributed by atoms with Crippen molar-refractivity contribution < 1.29 is 0 Å². The van der Waals surface area contributed by atoms with E-state index < -0.39 is 0 Å². The van der Waals surface area contributed by atoms with E-state index in [4.69, 9.17) is 5.10 Å². The highest BCUT2D eigenvalue weighted by atomic mass is 15.2. The molecule has 0 bridgehead atoms. The van der Waals surface area contributed by atoms with Gasteiger partial charge in [-0.2, -0.15) is 5.10 Å². The molecule has 1 aliphatic rings. The highest BCUT2D eigenvalue weighted by Gasteiger charge is 2.19. The molecule has 1 aliphatic heterocycles. The van der Waals surface area contributed by atoms with Crippen molar-refractivity contribution in [3.05, 3.63) is 96.4 Å². The maximum absolute atomic E-state index is 4.70. The van der Waals surface area contributed by atoms with Gasteiger partial charge in [0.2, 0.25) is 0 Å². The number of nitrogens with zero attached hydrogens (tertiary/aromatic N) is 5. The first kappa shape index (κ1) is 24.5. The molecule has 0 aliphatic carbocycles. The number of hydrogen-bond acceptors (Lipinski definition) is 6. The van der Waals surface area contributed by atoms with Crippen LogP contribution in [0.3, 0.4) is 0 Å². The first-order valence-electron chi connectivity index (χ1n) is 13.8. The van der Waals surface area contributed by atoms with Crippen molar-refractivity contribution in [3.8, 4) is 22.5 Å². The molecule has 8 heteroatoms. The number of pyridine rings is 2. The minimum atomic E-state index is 0.757. The molecule has 1 fully saturated rings. The number of nitrogens with one attached hydrogen (secondary N) is 3. The van der Waals surface area contributed by atoms with Crippen LogP contribution < -0.4 is 10.2 Å². The Morgan fingerprint density at radius 1 is 0.825 bits per heavy atom. The Hall–Kier alpha value is -4.53. The lowest BCUT2D eigenvalue weighted by Crippen LogP contribution is -2.44. The highest BCUT2D eigenvalue weighted by Crippen LogP contribution is 2.34. The van der Waals surface area contributed by atoms with Crippen molar-refractivity contribution in [2.24, 2.45) is 0 Å². The van der Waals surface area contributed by atoms with Crippen molar-refractivity contribution in [3.63, 3.8) is 0 Å². The molecule has 0 radical (unpaired) electrons. The van der Waals surface area contributed by atoms with Gasteiger partial charge < -0.3 is 20.1 Å². The predicted octanol–water partition coefficient (Wildman–Crippen LogP) is 5.21. The number of aromatic nitrogens is 5. The maximum Gasteiger partial charge on any atom is 0.139 e. The van der Waals surface area contributed by atoms with Crippen LogP contribution in [0.25, 0.3) is 44.5 Å². The molecule has 5 heterocycles. The van der Waals surface area contributed by atoms with Gasteiger partial charge >= 0.3 is 0 Å². The largest absolute Gasteiger partial charge is 0.368 e. The zero-order chi connectivity index (χ0) is 26.9. The number of benzene rings is 2. The van der Waals surface area contributed by atoms with Crippen LogP contribution in [0.4, 0.5) is 5.69 Å². The van der Waals surface area contributed by atoms with Crippen molar-refractivity contribution in [2.45, 2.75) is 13.1 Å². The number of fused-ring (bicyclic) bond motifs is 2. The van der Waals surface area contributed by atoms with Crippen LogP contribution >= 0.6 is 0 Å². The summed E-state index contributed by atoms with van der Waals surface area (Å²) in [4.78, 5) is 17.5. The third kappa shape index (κ3) is 4.83. The van der Waals surface area contributed by atoms with Gasteiger partial charge in [0.15, 0.2) is 0 Å². The number of anilines is 1. The lowest BCUT2D eigenvalue weighted by Gasteiger charge is -2.34. The van der Waals surface area contributed by atoms with Gasteiger partial charge in [0.1, 0.15) is 11.3 Å². The Bertz CT molecular complexity index is 1760. The molecule has 3 N–H and O–H groups in total. The molecular weight excluding hydrogens is 496 g/mol. The molecule has 8 nitrogen and oxygen atoms in total. The van der Waals surface area contributed by atoms with Gasteiger partial charge in [-0.1, -0.05) is 36.4 Å². The van der Waals surface area contributed by atoms with Crippen LogP contribution in [-0.4, -0.2) is 63.3 Å². The van der Waals surface area contributed by atoms with E-state index in [0.717, 1.165) is 89.3 Å². The van der Waals surface area contributed by atoms with E-state index in [2.05, 4.69) is 103 Å². The number of rotatable bonds is 7. The van der Waals surface area contributed by atoms with E-state index in [1.807, 2.05) is 24.7 Å². The summed E-state index contributed by atoms with van der Waals surface area (Å²) in [5.74, 6) is 0. The maximum atomic E-state index is 4.70. The van der Waals surface area contributed by atoms with E-state index in [1.165, 1.54) is 11.3 Å². The predicted molar refractivity (Wildman–Crippen MR) is 161 cm³/mol. The molecule has 4 aromatic heterocycles. The first-order valence-corrected chi connectivity index (χ1v) is 13.8. The number of likely N-dealkylation sites (N-methyl/N-ethyl adjacent to an activating group) is 1. The number of piperazine rings is 1. The SMILES string of the molecule is CN1CCN(c2ccnc3[nH]c(-c4n[nH]c5ccc(-c6cncc(CNCc7ccccc7)c6)cc45)cc23)CC1. The normalized spacial score (nSPS) is 14.4. The molecular formula is C32H32N8. The van der Waals surface area contributed by atoms with Gasteiger partial charge in [0.05, 0.1) is 11.2 Å². The van der Waals surface area contributed by atoms with Gasteiger partial charge in [0, 0.05) is 79.9 Å². The number of hydrogen-bond donors (Lipinski definition) is 3. The van der Waals surface area contributed by atoms with E-state index >= 15 is 0 Å². The van der Waals surface area contributed by atoms with Crippen LogP contribution in [0.2, 0.25) is 0 Å². The molecule has 0 saturated carbocycles. The van der Waals surface area contributed by atoms with Crippen molar-refractivity contribution in [2.75, 3.05) is 38.1 Å². The second-order valence-corrected chi connectivity index (χ2v) is 10.6. The Balaban J connectivity index is 1.17. The quantitative estimate of drug-likeness (QED) is 0.264. The highest BCUT2D eigenvalue weighted by molar-refractivity contribution is 5.99. The van der Waals surface area contributed by atoms with E-state index in [9.17, 15) is 0 Å². The molecule has 0 atom stereocenters.